The Balaban J connectivity index is 2.39. The largest absolute Gasteiger partial charge is 0.395 e. The molecule has 90 valence electrons. The van der Waals surface area contributed by atoms with Crippen LogP contribution in [0.2, 0.25) is 0 Å². The molecule has 1 aliphatic heterocycles. The fourth-order valence-electron chi connectivity index (χ4n) is 2.26. The van der Waals surface area contributed by atoms with Crippen LogP contribution in [0.4, 0.5) is 5.69 Å². The zero-order valence-corrected chi connectivity index (χ0v) is 10.3. The van der Waals surface area contributed by atoms with Crippen LogP contribution >= 0.6 is 0 Å². The van der Waals surface area contributed by atoms with Crippen LogP contribution in [0.5, 0.6) is 0 Å². The summed E-state index contributed by atoms with van der Waals surface area (Å²) in [6, 6.07) is 4.03. The van der Waals surface area contributed by atoms with Crippen molar-refractivity contribution in [3.8, 4) is 0 Å². The molecule has 0 aromatic heterocycles. The van der Waals surface area contributed by atoms with Gasteiger partial charge >= 0.3 is 0 Å². The minimum absolute atomic E-state index is 0.0639. The zero-order valence-electron chi connectivity index (χ0n) is 10.3. The van der Waals surface area contributed by atoms with Crippen molar-refractivity contribution in [3.63, 3.8) is 0 Å². The van der Waals surface area contributed by atoms with E-state index in [-0.39, 0.29) is 12.5 Å². The summed E-state index contributed by atoms with van der Waals surface area (Å²) in [7, 11) is 2.02. The SMILES string of the molecule is Bc1cc2c(c(NCCO)c1)C(=O)N(CC)C2. The quantitative estimate of drug-likeness (QED) is 0.676. The van der Waals surface area contributed by atoms with Gasteiger partial charge in [0, 0.05) is 25.3 Å². The van der Waals surface area contributed by atoms with E-state index in [9.17, 15) is 4.79 Å². The number of carbonyl (C=O) groups excluding carboxylic acids is 1. The third kappa shape index (κ3) is 2.15. The lowest BCUT2D eigenvalue weighted by Crippen LogP contribution is -2.23. The molecule has 0 unspecified atom stereocenters. The number of hydrogen-bond acceptors (Lipinski definition) is 3. The first-order chi connectivity index (χ1) is 8.17. The maximum Gasteiger partial charge on any atom is 0.256 e. The van der Waals surface area contributed by atoms with Gasteiger partial charge in [0.2, 0.25) is 0 Å². The van der Waals surface area contributed by atoms with E-state index in [1.807, 2.05) is 25.7 Å². The van der Waals surface area contributed by atoms with Crippen molar-refractivity contribution in [3.05, 3.63) is 23.3 Å². The molecule has 0 atom stereocenters. The first-order valence-corrected chi connectivity index (χ1v) is 5.95. The van der Waals surface area contributed by atoms with Gasteiger partial charge in [-0.3, -0.25) is 4.79 Å². The van der Waals surface area contributed by atoms with Gasteiger partial charge in [-0.2, -0.15) is 0 Å². The van der Waals surface area contributed by atoms with Crippen LogP contribution in [0.3, 0.4) is 0 Å². The summed E-state index contributed by atoms with van der Waals surface area (Å²) in [5.74, 6) is 0.0861. The number of amides is 1. The molecule has 0 saturated carbocycles. The molecule has 5 heteroatoms. The molecule has 0 aliphatic carbocycles. The molecule has 1 aliphatic rings. The van der Waals surface area contributed by atoms with Crippen LogP contribution < -0.4 is 10.8 Å². The Hall–Kier alpha value is -1.49. The lowest BCUT2D eigenvalue weighted by atomic mass is 9.91. The summed E-state index contributed by atoms with van der Waals surface area (Å²) < 4.78 is 0. The summed E-state index contributed by atoms with van der Waals surface area (Å²) in [4.78, 5) is 14.0. The number of fused-ring (bicyclic) bond motifs is 1. The molecule has 0 bridgehead atoms. The van der Waals surface area contributed by atoms with Crippen molar-refractivity contribution in [2.75, 3.05) is 25.0 Å². The first kappa shape index (κ1) is 12.0. The van der Waals surface area contributed by atoms with Crippen molar-refractivity contribution in [1.82, 2.24) is 4.90 Å². The standard InChI is InChI=1S/C12H17BN2O2/c1-2-15-7-8-5-9(13)6-10(14-3-4-16)11(8)12(15)17/h5-6,14,16H,2-4,7,13H2,1H3. The second-order valence-corrected chi connectivity index (χ2v) is 4.32. The average molecular weight is 232 g/mol. The van der Waals surface area contributed by atoms with E-state index >= 15 is 0 Å². The van der Waals surface area contributed by atoms with Gasteiger partial charge in [-0.15, -0.1) is 0 Å². The molecule has 1 aromatic carbocycles. The van der Waals surface area contributed by atoms with Crippen LogP contribution in [-0.2, 0) is 6.54 Å². The summed E-state index contributed by atoms with van der Waals surface area (Å²) in [6.45, 7) is 3.94. The summed E-state index contributed by atoms with van der Waals surface area (Å²) in [6.07, 6.45) is 0. The van der Waals surface area contributed by atoms with Crippen molar-refractivity contribution < 1.29 is 9.90 Å². The minimum atomic E-state index is 0.0639. The molecule has 1 heterocycles. The predicted molar refractivity (Wildman–Crippen MR) is 70.6 cm³/mol. The van der Waals surface area contributed by atoms with Gasteiger partial charge in [0.25, 0.3) is 5.91 Å². The normalized spacial score (nSPS) is 14.0. The van der Waals surface area contributed by atoms with E-state index in [1.165, 1.54) is 0 Å². The molecule has 17 heavy (non-hydrogen) atoms. The van der Waals surface area contributed by atoms with E-state index in [2.05, 4.69) is 11.4 Å². The first-order valence-electron chi connectivity index (χ1n) is 5.95. The second-order valence-electron chi connectivity index (χ2n) is 4.32. The summed E-state index contributed by atoms with van der Waals surface area (Å²) >= 11 is 0. The monoisotopic (exact) mass is 232 g/mol. The fraction of sp³-hybridized carbons (Fsp3) is 0.417. The van der Waals surface area contributed by atoms with Gasteiger partial charge in [0.15, 0.2) is 0 Å². The van der Waals surface area contributed by atoms with E-state index in [0.29, 0.717) is 13.1 Å². The topological polar surface area (TPSA) is 52.6 Å². The summed E-state index contributed by atoms with van der Waals surface area (Å²) in [5.41, 5.74) is 3.83. The van der Waals surface area contributed by atoms with Crippen LogP contribution in [0.15, 0.2) is 12.1 Å². The van der Waals surface area contributed by atoms with Gasteiger partial charge in [-0.25, -0.2) is 0 Å². The highest BCUT2D eigenvalue weighted by molar-refractivity contribution is 6.33. The van der Waals surface area contributed by atoms with Gasteiger partial charge in [0.1, 0.15) is 7.85 Å². The van der Waals surface area contributed by atoms with Crippen LogP contribution in [-0.4, -0.2) is 43.5 Å². The number of rotatable bonds is 4. The van der Waals surface area contributed by atoms with E-state index in [4.69, 9.17) is 5.11 Å². The number of anilines is 1. The molecule has 0 spiro atoms. The molecule has 4 nitrogen and oxygen atoms in total. The molecule has 1 aromatic rings. The lowest BCUT2D eigenvalue weighted by molar-refractivity contribution is 0.0788. The molecule has 0 saturated heterocycles. The number of benzene rings is 1. The highest BCUT2D eigenvalue weighted by atomic mass is 16.3. The molecule has 1 amide bonds. The molecule has 2 rings (SSSR count). The zero-order chi connectivity index (χ0) is 12.4. The Labute approximate surface area is 102 Å². The van der Waals surface area contributed by atoms with Crippen LogP contribution in [0.25, 0.3) is 0 Å². The van der Waals surface area contributed by atoms with Gasteiger partial charge in [-0.1, -0.05) is 11.5 Å². The van der Waals surface area contributed by atoms with E-state index < -0.39 is 0 Å². The number of carbonyl (C=O) groups is 1. The Kier molecular flexibility index (Phi) is 3.38. The number of aliphatic hydroxyl groups is 1. The number of hydrogen-bond donors (Lipinski definition) is 2. The van der Waals surface area contributed by atoms with E-state index in [1.54, 1.807) is 0 Å². The van der Waals surface area contributed by atoms with Gasteiger partial charge < -0.3 is 15.3 Å². The molecular formula is C12H17BN2O2. The number of nitrogens with zero attached hydrogens (tertiary/aromatic N) is 1. The third-order valence-corrected chi connectivity index (χ3v) is 3.04. The van der Waals surface area contributed by atoms with E-state index in [0.717, 1.165) is 28.8 Å². The van der Waals surface area contributed by atoms with Crippen molar-refractivity contribution in [2.45, 2.75) is 13.5 Å². The molecule has 0 radical (unpaired) electrons. The average Bonchev–Trinajstić information content (AvgIpc) is 2.62. The smallest absolute Gasteiger partial charge is 0.256 e. The van der Waals surface area contributed by atoms with Crippen molar-refractivity contribution in [1.29, 1.82) is 0 Å². The fourth-order valence-corrected chi connectivity index (χ4v) is 2.26. The molecular weight excluding hydrogens is 215 g/mol. The lowest BCUT2D eigenvalue weighted by Gasteiger charge is -2.12. The third-order valence-electron chi connectivity index (χ3n) is 3.04. The van der Waals surface area contributed by atoms with Crippen molar-refractivity contribution in [2.24, 2.45) is 0 Å². The maximum absolute atomic E-state index is 12.1. The Morgan fingerprint density at radius 1 is 1.53 bits per heavy atom. The maximum atomic E-state index is 12.1. The Morgan fingerprint density at radius 3 is 2.94 bits per heavy atom. The Morgan fingerprint density at radius 2 is 2.29 bits per heavy atom. The van der Waals surface area contributed by atoms with Gasteiger partial charge in [-0.05, 0) is 18.6 Å². The highest BCUT2D eigenvalue weighted by Gasteiger charge is 2.28. The number of aliphatic hydroxyl groups excluding tert-OH is 1. The van der Waals surface area contributed by atoms with Crippen molar-refractivity contribution >= 4 is 24.9 Å². The minimum Gasteiger partial charge on any atom is -0.395 e. The molecule has 0 fully saturated rings. The second kappa shape index (κ2) is 4.79. The Bertz CT molecular complexity index is 448. The van der Waals surface area contributed by atoms with Crippen LogP contribution in [0, 0.1) is 0 Å². The number of nitrogens with one attached hydrogen (secondary N) is 1. The van der Waals surface area contributed by atoms with Crippen LogP contribution in [0.1, 0.15) is 22.8 Å². The van der Waals surface area contributed by atoms with Gasteiger partial charge in [0.05, 0.1) is 12.2 Å². The predicted octanol–water partition coefficient (Wildman–Crippen LogP) is -0.675. The highest BCUT2D eigenvalue weighted by Crippen LogP contribution is 2.28. The summed E-state index contributed by atoms with van der Waals surface area (Å²) in [5, 5.41) is 12.0. The molecule has 2 N–H and O–H groups in total.